The molecule has 0 aliphatic rings. The van der Waals surface area contributed by atoms with Gasteiger partial charge in [0.1, 0.15) is 23.9 Å². The summed E-state index contributed by atoms with van der Waals surface area (Å²) < 4.78 is 15.3. The van der Waals surface area contributed by atoms with E-state index in [1.807, 2.05) is 24.3 Å². The highest BCUT2D eigenvalue weighted by Gasteiger charge is 1.97. The highest BCUT2D eigenvalue weighted by atomic mass is 16.5. The van der Waals surface area contributed by atoms with Crippen LogP contribution < -0.4 is 15.1 Å². The van der Waals surface area contributed by atoms with E-state index >= 15 is 0 Å². The summed E-state index contributed by atoms with van der Waals surface area (Å²) in [6.07, 6.45) is 0. The zero-order valence-corrected chi connectivity index (χ0v) is 11.3. The van der Waals surface area contributed by atoms with Crippen LogP contribution in [-0.4, -0.2) is 13.7 Å². The van der Waals surface area contributed by atoms with Gasteiger partial charge in [0.25, 0.3) is 0 Å². The molecule has 1 aromatic heterocycles. The monoisotopic (exact) mass is 270 g/mol. The molecule has 0 bridgehead atoms. The third-order valence-electron chi connectivity index (χ3n) is 2.50. The molecule has 2 aromatic rings. The Labute approximate surface area is 117 Å². The van der Waals surface area contributed by atoms with E-state index in [0.29, 0.717) is 11.5 Å². The lowest BCUT2D eigenvalue weighted by Crippen LogP contribution is -2.01. The van der Waals surface area contributed by atoms with E-state index in [0.717, 1.165) is 11.3 Å². The smallest absolute Gasteiger partial charge is 0.339 e. The van der Waals surface area contributed by atoms with Crippen LogP contribution in [0.3, 0.4) is 0 Å². The number of hydrogen-bond acceptors (Lipinski definition) is 4. The van der Waals surface area contributed by atoms with Gasteiger partial charge in [0.05, 0.1) is 13.2 Å². The minimum absolute atomic E-state index is 0.203. The van der Waals surface area contributed by atoms with E-state index in [-0.39, 0.29) is 6.61 Å². The highest BCUT2D eigenvalue weighted by Crippen LogP contribution is 2.10. The molecule has 0 fully saturated rings. The van der Waals surface area contributed by atoms with E-state index in [9.17, 15) is 4.79 Å². The minimum atomic E-state index is -0.428. The van der Waals surface area contributed by atoms with E-state index in [4.69, 9.17) is 13.9 Å². The number of rotatable bonds is 3. The molecule has 0 amide bonds. The number of benzene rings is 1. The van der Waals surface area contributed by atoms with Crippen LogP contribution in [0, 0.1) is 18.8 Å². The van der Waals surface area contributed by atoms with Crippen molar-refractivity contribution in [1.82, 2.24) is 0 Å². The molecule has 0 spiro atoms. The van der Waals surface area contributed by atoms with Crippen molar-refractivity contribution < 1.29 is 13.9 Å². The Balaban J connectivity index is 1.95. The molecule has 20 heavy (non-hydrogen) atoms. The van der Waals surface area contributed by atoms with Gasteiger partial charge in [-0.05, 0) is 31.2 Å². The van der Waals surface area contributed by atoms with Gasteiger partial charge in [0.2, 0.25) is 0 Å². The zero-order valence-electron chi connectivity index (χ0n) is 11.3. The summed E-state index contributed by atoms with van der Waals surface area (Å²) in [6, 6.07) is 10.4. The molecule has 1 aromatic carbocycles. The van der Waals surface area contributed by atoms with E-state index < -0.39 is 5.63 Å². The number of ether oxygens (including phenoxy) is 2. The topological polar surface area (TPSA) is 48.7 Å². The Morgan fingerprint density at radius 3 is 2.55 bits per heavy atom. The SMILES string of the molecule is COc1ccc(C#CCOc2cc(C)oc(=O)c2)cc1. The van der Waals surface area contributed by atoms with Crippen molar-refractivity contribution in [3.63, 3.8) is 0 Å². The molecular weight excluding hydrogens is 256 g/mol. The van der Waals surface area contributed by atoms with Crippen molar-refractivity contribution >= 4 is 0 Å². The Morgan fingerprint density at radius 2 is 1.90 bits per heavy atom. The second-order valence-corrected chi connectivity index (χ2v) is 4.04. The molecule has 0 aliphatic carbocycles. The Morgan fingerprint density at radius 1 is 1.15 bits per heavy atom. The van der Waals surface area contributed by atoms with Crippen LogP contribution in [0.5, 0.6) is 11.5 Å². The molecule has 0 aliphatic heterocycles. The van der Waals surface area contributed by atoms with Crippen LogP contribution in [0.25, 0.3) is 0 Å². The van der Waals surface area contributed by atoms with Crippen LogP contribution in [0.2, 0.25) is 0 Å². The highest BCUT2D eigenvalue weighted by molar-refractivity contribution is 5.38. The third-order valence-corrected chi connectivity index (χ3v) is 2.50. The van der Waals surface area contributed by atoms with Gasteiger partial charge in [-0.25, -0.2) is 4.79 Å². The van der Waals surface area contributed by atoms with Crippen LogP contribution in [-0.2, 0) is 0 Å². The van der Waals surface area contributed by atoms with Gasteiger partial charge in [-0.3, -0.25) is 0 Å². The normalized spacial score (nSPS) is 9.50. The van der Waals surface area contributed by atoms with Crippen molar-refractivity contribution in [2.45, 2.75) is 6.92 Å². The molecule has 2 rings (SSSR count). The number of methoxy groups -OCH3 is 1. The molecular formula is C16H14O4. The molecule has 1 heterocycles. The van der Waals surface area contributed by atoms with Crippen molar-refractivity contribution in [1.29, 1.82) is 0 Å². The molecule has 102 valence electrons. The first-order valence-corrected chi connectivity index (χ1v) is 6.05. The summed E-state index contributed by atoms with van der Waals surface area (Å²) in [4.78, 5) is 11.1. The lowest BCUT2D eigenvalue weighted by molar-refractivity contribution is 0.359. The summed E-state index contributed by atoms with van der Waals surface area (Å²) in [5, 5.41) is 0. The van der Waals surface area contributed by atoms with Gasteiger partial charge >= 0.3 is 5.63 Å². The van der Waals surface area contributed by atoms with Gasteiger partial charge in [-0.1, -0.05) is 11.8 Å². The van der Waals surface area contributed by atoms with Gasteiger partial charge in [0.15, 0.2) is 0 Å². The molecule has 0 N–H and O–H groups in total. The minimum Gasteiger partial charge on any atom is -0.497 e. The summed E-state index contributed by atoms with van der Waals surface area (Å²) >= 11 is 0. The van der Waals surface area contributed by atoms with Crippen molar-refractivity contribution in [3.05, 3.63) is 58.1 Å². The predicted molar refractivity (Wildman–Crippen MR) is 75.1 cm³/mol. The first-order chi connectivity index (χ1) is 9.67. The fourth-order valence-corrected chi connectivity index (χ4v) is 1.59. The molecule has 0 saturated carbocycles. The average molecular weight is 270 g/mol. The Kier molecular flexibility index (Phi) is 4.46. The molecule has 4 nitrogen and oxygen atoms in total. The van der Waals surface area contributed by atoms with Crippen LogP contribution in [0.15, 0.2) is 45.6 Å². The Bertz CT molecular complexity index is 687. The lowest BCUT2D eigenvalue weighted by atomic mass is 10.2. The van der Waals surface area contributed by atoms with Gasteiger partial charge in [-0.2, -0.15) is 0 Å². The van der Waals surface area contributed by atoms with Crippen LogP contribution in [0.1, 0.15) is 11.3 Å². The lowest BCUT2D eigenvalue weighted by Gasteiger charge is -2.01. The van der Waals surface area contributed by atoms with E-state index in [1.54, 1.807) is 20.1 Å². The summed E-state index contributed by atoms with van der Waals surface area (Å²) in [6.45, 7) is 1.90. The molecule has 0 saturated heterocycles. The fourth-order valence-electron chi connectivity index (χ4n) is 1.59. The first kappa shape index (κ1) is 13.8. The van der Waals surface area contributed by atoms with E-state index in [1.165, 1.54) is 6.07 Å². The van der Waals surface area contributed by atoms with Crippen molar-refractivity contribution in [2.75, 3.05) is 13.7 Å². The maximum absolute atomic E-state index is 11.1. The predicted octanol–water partition coefficient (Wildman–Crippen LogP) is 2.39. The number of aryl methyl sites for hydroxylation is 1. The molecule has 0 radical (unpaired) electrons. The van der Waals surface area contributed by atoms with Gasteiger partial charge in [0, 0.05) is 11.6 Å². The second-order valence-electron chi connectivity index (χ2n) is 4.04. The first-order valence-electron chi connectivity index (χ1n) is 6.05. The maximum Gasteiger partial charge on any atom is 0.339 e. The molecule has 0 atom stereocenters. The quantitative estimate of drug-likeness (QED) is 0.803. The summed E-state index contributed by atoms with van der Waals surface area (Å²) in [5.74, 6) is 7.61. The third kappa shape index (κ3) is 3.92. The van der Waals surface area contributed by atoms with Gasteiger partial charge < -0.3 is 13.9 Å². The van der Waals surface area contributed by atoms with E-state index in [2.05, 4.69) is 11.8 Å². The molecule has 4 heteroatoms. The maximum atomic E-state index is 11.1. The van der Waals surface area contributed by atoms with Crippen molar-refractivity contribution in [2.24, 2.45) is 0 Å². The van der Waals surface area contributed by atoms with Crippen molar-refractivity contribution in [3.8, 4) is 23.3 Å². The Hall–Kier alpha value is -2.67. The standard InChI is InChI=1S/C16H14O4/c1-12-10-15(11-16(17)20-12)19-9-3-4-13-5-7-14(18-2)8-6-13/h5-8,10-11H,9H2,1-2H3. The molecule has 0 unspecified atom stereocenters. The number of hydrogen-bond donors (Lipinski definition) is 0. The largest absolute Gasteiger partial charge is 0.497 e. The summed E-state index contributed by atoms with van der Waals surface area (Å²) in [5.41, 5.74) is 0.446. The van der Waals surface area contributed by atoms with Crippen LogP contribution in [0.4, 0.5) is 0 Å². The second kappa shape index (κ2) is 6.48. The fraction of sp³-hybridized carbons (Fsp3) is 0.188. The summed E-state index contributed by atoms with van der Waals surface area (Å²) in [7, 11) is 1.62. The zero-order chi connectivity index (χ0) is 14.4. The van der Waals surface area contributed by atoms with Crippen LogP contribution >= 0.6 is 0 Å². The van der Waals surface area contributed by atoms with Gasteiger partial charge in [-0.15, -0.1) is 0 Å². The average Bonchev–Trinajstić information content (AvgIpc) is 2.43.